The van der Waals surface area contributed by atoms with E-state index in [1.807, 2.05) is 72.8 Å². The number of Topliss-reactive ketones (excluding diaryl/α,β-unsaturated/α-hetero) is 1. The molecule has 5 atom stereocenters. The summed E-state index contributed by atoms with van der Waals surface area (Å²) in [6.07, 6.45) is 19.0. The van der Waals surface area contributed by atoms with Gasteiger partial charge in [0.25, 0.3) is 0 Å². The zero-order valence-corrected chi connectivity index (χ0v) is 65.2. The van der Waals surface area contributed by atoms with Gasteiger partial charge >= 0.3 is 28.1 Å². The van der Waals surface area contributed by atoms with Gasteiger partial charge in [-0.25, -0.2) is 24.0 Å². The maximum Gasteiger partial charge on any atom is 0.350 e. The summed E-state index contributed by atoms with van der Waals surface area (Å²) in [7, 11) is 4.14. The van der Waals surface area contributed by atoms with Gasteiger partial charge in [-0.15, -0.1) is 0 Å². The number of carbonyl (C=O) groups is 2. The van der Waals surface area contributed by atoms with Crippen molar-refractivity contribution in [1.29, 1.82) is 0 Å². The minimum atomic E-state index is -1.11. The topological polar surface area (TPSA) is 320 Å². The molecule has 3 N–H and O–H groups in total. The van der Waals surface area contributed by atoms with Crippen molar-refractivity contribution in [2.24, 2.45) is 0 Å². The molecule has 0 aromatic carbocycles. The Morgan fingerprint density at radius 2 is 0.802 bits per heavy atom. The monoisotopic (exact) mass is 1450 g/mol. The number of methoxy groups -OCH3 is 4. The predicted molar refractivity (Wildman–Crippen MR) is 397 cm³/mol. The molecular weight excluding hydrogens is 1340 g/mol. The van der Waals surface area contributed by atoms with Crippen molar-refractivity contribution in [3.8, 4) is 28.7 Å². The molecule has 566 valence electrons. The lowest BCUT2D eigenvalue weighted by Gasteiger charge is -2.17. The highest BCUT2D eigenvalue weighted by molar-refractivity contribution is 6.76. The fraction of sp³-hybridized carbons (Fsp3) is 0.566. The summed E-state index contributed by atoms with van der Waals surface area (Å²) in [5, 5.41) is 28.3. The summed E-state index contributed by atoms with van der Waals surface area (Å²) in [6, 6.07) is 14.8. The summed E-state index contributed by atoms with van der Waals surface area (Å²) in [5.41, 5.74) is -2.88. The third kappa shape index (κ3) is 41.3. The van der Waals surface area contributed by atoms with Crippen LogP contribution in [0.2, 0.25) is 51.4 Å². The maximum atomic E-state index is 11.8. The molecule has 0 spiro atoms. The molecule has 0 fully saturated rings. The molecule has 0 aliphatic carbocycles. The van der Waals surface area contributed by atoms with Crippen molar-refractivity contribution >= 4 is 27.7 Å². The van der Waals surface area contributed by atoms with Crippen molar-refractivity contribution in [3.63, 3.8) is 0 Å². The van der Waals surface area contributed by atoms with Crippen LogP contribution < -0.4 is 37.6 Å². The minimum absolute atomic E-state index is 0.0144. The lowest BCUT2D eigenvalue weighted by atomic mass is 10.0. The van der Waals surface area contributed by atoms with Crippen molar-refractivity contribution in [2.45, 2.75) is 226 Å². The van der Waals surface area contributed by atoms with Gasteiger partial charge in [0.15, 0.2) is 37.7 Å². The van der Waals surface area contributed by atoms with Gasteiger partial charge in [0.05, 0.1) is 24.3 Å². The van der Waals surface area contributed by atoms with Crippen molar-refractivity contribution < 1.29 is 84.9 Å². The number of hydrogen-bond donors (Lipinski definition) is 3. The van der Waals surface area contributed by atoms with E-state index in [0.29, 0.717) is 66.4 Å². The Balaban J connectivity index is 0.000000640. The molecule has 5 heterocycles. The first kappa shape index (κ1) is 91.5. The second-order valence-electron chi connectivity index (χ2n) is 26.9. The molecule has 5 aromatic rings. The quantitative estimate of drug-likeness (QED) is 0.00822. The Labute approximate surface area is 597 Å². The van der Waals surface area contributed by atoms with Gasteiger partial charge in [-0.3, -0.25) is 9.59 Å². The molecule has 0 radical (unpaired) electrons. The number of ketones is 2. The van der Waals surface area contributed by atoms with Gasteiger partial charge in [-0.1, -0.05) is 111 Å². The second-order valence-corrected chi connectivity index (χ2v) is 38.1. The molecule has 0 saturated carbocycles. The highest BCUT2D eigenvalue weighted by atomic mass is 28.3. The fourth-order valence-electron chi connectivity index (χ4n) is 9.09. The highest BCUT2D eigenvalue weighted by Gasteiger charge is 2.21. The first-order chi connectivity index (χ1) is 47.6. The van der Waals surface area contributed by atoms with Gasteiger partial charge in [-0.2, -0.15) is 0 Å². The Morgan fingerprint density at radius 1 is 0.465 bits per heavy atom. The van der Waals surface area contributed by atoms with E-state index in [2.05, 4.69) is 45.4 Å². The maximum absolute atomic E-state index is 11.8. The smallest absolute Gasteiger partial charge is 0.350 e. The van der Waals surface area contributed by atoms with Crippen LogP contribution in [0.5, 0.6) is 28.7 Å². The molecule has 23 nitrogen and oxygen atoms in total. The number of hydrogen-bond acceptors (Lipinski definition) is 23. The number of allylic oxidation sites excluding steroid dienone is 6. The van der Waals surface area contributed by atoms with Crippen LogP contribution in [0.15, 0.2) is 137 Å². The average Bonchev–Trinajstić information content (AvgIpc) is 0.824. The zero-order valence-electron chi connectivity index (χ0n) is 63.2. The van der Waals surface area contributed by atoms with Crippen LogP contribution in [0.3, 0.4) is 0 Å². The Kier molecular flexibility index (Phi) is 45.3. The van der Waals surface area contributed by atoms with Gasteiger partial charge in [0, 0.05) is 124 Å². The first-order valence-corrected chi connectivity index (χ1v) is 41.8. The van der Waals surface area contributed by atoms with E-state index in [4.69, 9.17) is 60.0 Å². The Bertz CT molecular complexity index is 3560. The van der Waals surface area contributed by atoms with Crippen molar-refractivity contribution in [2.75, 3.05) is 55.2 Å². The summed E-state index contributed by atoms with van der Waals surface area (Å²) in [4.78, 5) is 79.7. The zero-order chi connectivity index (χ0) is 76.3. The molecule has 0 aliphatic heterocycles. The SMILES string of the molecule is C/C=C/CCC(C)c1cc(O)c(C(=O)CC)c(=O)o1.C/C=C/CCC(C)c1cc(O)cc(=O)o1.CC(=O)/C=C/CCC(C)c1cc(OCOCC[Si](C)(C)C)cc(=O)o1.COC(CCC(C)c1cc(O)cc(=O)o1)OC.COC(CCC(C)c1cc(OCOCC[Si](C)(C)C)cc(=O)o1)OC. The minimum Gasteiger partial charge on any atom is -0.508 e. The molecule has 5 unspecified atom stereocenters. The van der Waals surface area contributed by atoms with Crippen molar-refractivity contribution in [1.82, 2.24) is 0 Å². The first-order valence-electron chi connectivity index (χ1n) is 34.4. The molecule has 5 rings (SSSR count). The van der Waals surface area contributed by atoms with Crippen LogP contribution in [-0.2, 0) is 33.2 Å². The summed E-state index contributed by atoms with van der Waals surface area (Å²) in [5.74, 6) is 3.08. The van der Waals surface area contributed by atoms with Gasteiger partial charge in [-0.05, 0) is 103 Å². The Hall–Kier alpha value is -7.50. The van der Waals surface area contributed by atoms with E-state index in [1.165, 1.54) is 37.3 Å². The number of aromatic hydroxyl groups is 3. The van der Waals surface area contributed by atoms with E-state index < -0.39 is 50.1 Å². The van der Waals surface area contributed by atoms with E-state index in [9.17, 15) is 48.9 Å². The lowest BCUT2D eigenvalue weighted by Crippen LogP contribution is -2.22. The standard InChI is InChI=1S/C19H30O5Si.C18H32O6Si.C15H20O4.C12H18O5.C12H16O3/c1-15(8-6-7-9-16(2)20)18-12-17(13-19(21)24-18)23-14-22-10-11-25(3,4)5;1-14(7-8-18(20-2)21-3)16-11-15(12-17(19)24-16)23-13-22-9-10-25(4,5)6;1-4-6-7-8-10(3)13-9-12(17)14(11(16)5-2)15(18)19-13;1-8(4-5-12(15-2)16-3)10-6-9(13)7-11(14)17-10;1-3-4-5-6-9(2)11-7-10(13)8-12(14)15-11/h7,9,12-13,15H,6,8,10-11,14H2,1-5H3;11-12,14,18H,7-10,13H2,1-6H3;4,6,9-10,17H,5,7-8H2,1-3H3;6-8,12-13H,4-5H2,1-3H3;3-4,7-9,13H,5-6H2,1-2H3/b9-7+;;6-4+;;4-3+. The van der Waals surface area contributed by atoms with Gasteiger partial charge in [0.2, 0.25) is 0 Å². The number of rotatable bonds is 39. The van der Waals surface area contributed by atoms with Crippen molar-refractivity contribution in [3.05, 3.63) is 178 Å². The molecule has 25 heteroatoms. The van der Waals surface area contributed by atoms with Crippen LogP contribution in [0.1, 0.15) is 202 Å². The average molecular weight is 1450 g/mol. The van der Waals surface area contributed by atoms with Crippen LogP contribution in [0.4, 0.5) is 0 Å². The summed E-state index contributed by atoms with van der Waals surface area (Å²) < 4.78 is 68.3. The van der Waals surface area contributed by atoms with E-state index >= 15 is 0 Å². The molecule has 0 amide bonds. The number of ether oxygens (including phenoxy) is 8. The van der Waals surface area contributed by atoms with Crippen LogP contribution in [0.25, 0.3) is 0 Å². The lowest BCUT2D eigenvalue weighted by molar-refractivity contribution is -0.112. The molecule has 5 aromatic heterocycles. The van der Waals surface area contributed by atoms with E-state index in [-0.39, 0.29) is 90.8 Å². The second kappa shape index (κ2) is 50.0. The normalized spacial score (nSPS) is 13.1. The van der Waals surface area contributed by atoms with E-state index in [0.717, 1.165) is 75.6 Å². The largest absolute Gasteiger partial charge is 0.508 e. The molecule has 0 bridgehead atoms. The molecule has 0 saturated heterocycles. The molecule has 0 aliphatic rings. The Morgan fingerprint density at radius 3 is 1.12 bits per heavy atom. The van der Waals surface area contributed by atoms with E-state index in [1.54, 1.807) is 53.6 Å². The predicted octanol–water partition coefficient (Wildman–Crippen LogP) is 16.2. The van der Waals surface area contributed by atoms with Crippen LogP contribution >= 0.6 is 0 Å². The highest BCUT2D eigenvalue weighted by Crippen LogP contribution is 2.29. The molecular formula is C76H116O23Si2. The third-order valence-electron chi connectivity index (χ3n) is 15.5. The number of carbonyl (C=O) groups excluding carboxylic acids is 2. The van der Waals surface area contributed by atoms with Gasteiger partial charge < -0.3 is 75.3 Å². The van der Waals surface area contributed by atoms with Gasteiger partial charge in [0.1, 0.15) is 63.1 Å². The van der Waals surface area contributed by atoms with Crippen LogP contribution in [-0.4, -0.2) is 111 Å². The van der Waals surface area contributed by atoms with Crippen LogP contribution in [0, 0.1) is 0 Å². The third-order valence-corrected chi connectivity index (χ3v) is 18.9. The summed E-state index contributed by atoms with van der Waals surface area (Å²) in [6.45, 7) is 32.2. The molecule has 101 heavy (non-hydrogen) atoms. The summed E-state index contributed by atoms with van der Waals surface area (Å²) >= 11 is 0. The fourth-order valence-corrected chi connectivity index (χ4v) is 10.6.